The Kier molecular flexibility index (Phi) is 5.16. The minimum Gasteiger partial charge on any atom is -0.399 e. The fourth-order valence-electron chi connectivity index (χ4n) is 1.72. The predicted molar refractivity (Wildman–Crippen MR) is 75.2 cm³/mol. The highest BCUT2D eigenvalue weighted by molar-refractivity contribution is 5.87. The number of carbonyl (C=O) groups is 1. The van der Waals surface area contributed by atoms with Gasteiger partial charge in [0, 0.05) is 12.2 Å². The topological polar surface area (TPSA) is 81.1 Å². The molecule has 1 aromatic rings. The van der Waals surface area contributed by atoms with E-state index >= 15 is 0 Å². The molecule has 0 aromatic heterocycles. The second kappa shape index (κ2) is 6.40. The van der Waals surface area contributed by atoms with Crippen LogP contribution in [-0.2, 0) is 10.2 Å². The number of hydrogen-bond donors (Lipinski definition) is 3. The third-order valence-corrected chi connectivity index (χ3v) is 3.12. The first kappa shape index (κ1) is 14.5. The van der Waals surface area contributed by atoms with Gasteiger partial charge in [0.05, 0.1) is 5.41 Å². The van der Waals surface area contributed by atoms with E-state index in [1.807, 2.05) is 38.1 Å². The zero-order valence-electron chi connectivity index (χ0n) is 11.2. The minimum absolute atomic E-state index is 0.0318. The second-order valence-electron chi connectivity index (χ2n) is 5.00. The summed E-state index contributed by atoms with van der Waals surface area (Å²) in [5.74, 6) is 0.0318. The molecule has 0 saturated heterocycles. The molecule has 100 valence electrons. The fraction of sp³-hybridized carbons (Fsp3) is 0.500. The van der Waals surface area contributed by atoms with Crippen LogP contribution in [0.4, 0.5) is 5.69 Å². The minimum atomic E-state index is -0.545. The van der Waals surface area contributed by atoms with Gasteiger partial charge in [-0.05, 0) is 50.9 Å². The molecule has 4 nitrogen and oxygen atoms in total. The van der Waals surface area contributed by atoms with Gasteiger partial charge in [-0.1, -0.05) is 12.1 Å². The van der Waals surface area contributed by atoms with Gasteiger partial charge in [-0.2, -0.15) is 0 Å². The Balaban J connectivity index is 2.61. The zero-order valence-corrected chi connectivity index (χ0v) is 11.2. The van der Waals surface area contributed by atoms with Crippen LogP contribution in [0.25, 0.3) is 0 Å². The molecular weight excluding hydrogens is 226 g/mol. The molecule has 0 aliphatic heterocycles. The van der Waals surface area contributed by atoms with Crippen molar-refractivity contribution in [1.82, 2.24) is 5.32 Å². The van der Waals surface area contributed by atoms with E-state index in [2.05, 4.69) is 5.32 Å². The molecule has 1 aromatic carbocycles. The van der Waals surface area contributed by atoms with Gasteiger partial charge in [-0.25, -0.2) is 0 Å². The third-order valence-electron chi connectivity index (χ3n) is 3.12. The zero-order chi connectivity index (χ0) is 13.6. The molecule has 0 spiro atoms. The quantitative estimate of drug-likeness (QED) is 0.526. The summed E-state index contributed by atoms with van der Waals surface area (Å²) in [6.45, 7) is 5.17. The van der Waals surface area contributed by atoms with Crippen molar-refractivity contribution in [1.29, 1.82) is 0 Å². The van der Waals surface area contributed by atoms with Gasteiger partial charge < -0.3 is 16.8 Å². The molecule has 0 unspecified atom stereocenters. The SMILES string of the molecule is CC(C)(C(=O)NCCCCN)c1ccc(N)cc1. The number of nitrogens with one attached hydrogen (secondary N) is 1. The highest BCUT2D eigenvalue weighted by atomic mass is 16.2. The standard InChI is InChI=1S/C14H23N3O/c1-14(2,11-5-7-12(16)8-6-11)13(18)17-10-4-3-9-15/h5-8H,3-4,9-10,15-16H2,1-2H3,(H,17,18). The summed E-state index contributed by atoms with van der Waals surface area (Å²) >= 11 is 0. The Bertz CT molecular complexity index is 385. The van der Waals surface area contributed by atoms with E-state index in [1.54, 1.807) is 0 Å². The van der Waals surface area contributed by atoms with Crippen molar-refractivity contribution in [3.05, 3.63) is 29.8 Å². The van der Waals surface area contributed by atoms with Crippen LogP contribution < -0.4 is 16.8 Å². The number of anilines is 1. The Hall–Kier alpha value is -1.55. The maximum absolute atomic E-state index is 12.1. The van der Waals surface area contributed by atoms with Gasteiger partial charge in [-0.3, -0.25) is 4.79 Å². The van der Waals surface area contributed by atoms with Crippen LogP contribution in [-0.4, -0.2) is 19.0 Å². The van der Waals surface area contributed by atoms with Crippen molar-refractivity contribution in [2.24, 2.45) is 5.73 Å². The Labute approximate surface area is 109 Å². The molecule has 18 heavy (non-hydrogen) atoms. The predicted octanol–water partition coefficient (Wildman–Crippen LogP) is 1.40. The van der Waals surface area contributed by atoms with Crippen LogP contribution in [0.5, 0.6) is 0 Å². The van der Waals surface area contributed by atoms with E-state index in [0.717, 1.165) is 18.4 Å². The van der Waals surface area contributed by atoms with Crippen LogP contribution in [0.3, 0.4) is 0 Å². The molecule has 0 saturated carbocycles. The Morgan fingerprint density at radius 1 is 1.22 bits per heavy atom. The fourth-order valence-corrected chi connectivity index (χ4v) is 1.72. The van der Waals surface area contributed by atoms with E-state index < -0.39 is 5.41 Å². The third kappa shape index (κ3) is 3.74. The smallest absolute Gasteiger partial charge is 0.230 e. The van der Waals surface area contributed by atoms with Crippen molar-refractivity contribution in [3.63, 3.8) is 0 Å². The van der Waals surface area contributed by atoms with E-state index in [-0.39, 0.29) is 5.91 Å². The lowest BCUT2D eigenvalue weighted by molar-refractivity contribution is -0.125. The van der Waals surface area contributed by atoms with Crippen LogP contribution >= 0.6 is 0 Å². The average molecular weight is 249 g/mol. The Morgan fingerprint density at radius 2 is 1.83 bits per heavy atom. The molecule has 0 fully saturated rings. The van der Waals surface area contributed by atoms with E-state index in [1.165, 1.54) is 0 Å². The first-order chi connectivity index (χ1) is 8.48. The van der Waals surface area contributed by atoms with Crippen molar-refractivity contribution in [2.75, 3.05) is 18.8 Å². The maximum atomic E-state index is 12.1. The maximum Gasteiger partial charge on any atom is 0.230 e. The van der Waals surface area contributed by atoms with Crippen molar-refractivity contribution in [2.45, 2.75) is 32.1 Å². The summed E-state index contributed by atoms with van der Waals surface area (Å²) in [6, 6.07) is 7.43. The van der Waals surface area contributed by atoms with Gasteiger partial charge >= 0.3 is 0 Å². The number of hydrogen-bond acceptors (Lipinski definition) is 3. The number of carbonyl (C=O) groups excluding carboxylic acids is 1. The molecule has 0 atom stereocenters. The lowest BCUT2D eigenvalue weighted by Gasteiger charge is -2.24. The number of rotatable bonds is 6. The van der Waals surface area contributed by atoms with Crippen LogP contribution in [0.15, 0.2) is 24.3 Å². The van der Waals surface area contributed by atoms with Crippen LogP contribution in [0.2, 0.25) is 0 Å². The molecule has 0 radical (unpaired) electrons. The van der Waals surface area contributed by atoms with E-state index in [0.29, 0.717) is 18.8 Å². The molecule has 4 heteroatoms. The number of nitrogens with two attached hydrogens (primary N) is 2. The molecule has 5 N–H and O–H groups in total. The number of nitrogen functional groups attached to an aromatic ring is 1. The van der Waals surface area contributed by atoms with Gasteiger partial charge in [0.15, 0.2) is 0 Å². The number of unbranched alkanes of at least 4 members (excludes halogenated alkanes) is 1. The lowest BCUT2D eigenvalue weighted by atomic mass is 9.83. The van der Waals surface area contributed by atoms with Gasteiger partial charge in [0.2, 0.25) is 5.91 Å². The summed E-state index contributed by atoms with van der Waals surface area (Å²) in [4.78, 5) is 12.1. The largest absolute Gasteiger partial charge is 0.399 e. The molecule has 1 amide bonds. The lowest BCUT2D eigenvalue weighted by Crippen LogP contribution is -2.40. The molecule has 0 aliphatic rings. The highest BCUT2D eigenvalue weighted by Crippen LogP contribution is 2.24. The average Bonchev–Trinajstić information content (AvgIpc) is 2.35. The summed E-state index contributed by atoms with van der Waals surface area (Å²) < 4.78 is 0. The monoisotopic (exact) mass is 249 g/mol. The Morgan fingerprint density at radius 3 is 2.39 bits per heavy atom. The van der Waals surface area contributed by atoms with Crippen molar-refractivity contribution >= 4 is 11.6 Å². The van der Waals surface area contributed by atoms with Crippen LogP contribution in [0, 0.1) is 0 Å². The molecular formula is C14H23N3O. The van der Waals surface area contributed by atoms with Gasteiger partial charge in [0.1, 0.15) is 0 Å². The highest BCUT2D eigenvalue weighted by Gasteiger charge is 2.29. The van der Waals surface area contributed by atoms with Crippen molar-refractivity contribution in [3.8, 4) is 0 Å². The first-order valence-electron chi connectivity index (χ1n) is 6.33. The van der Waals surface area contributed by atoms with Crippen LogP contribution in [0.1, 0.15) is 32.3 Å². The van der Waals surface area contributed by atoms with Crippen molar-refractivity contribution < 1.29 is 4.79 Å². The van der Waals surface area contributed by atoms with E-state index in [9.17, 15) is 4.79 Å². The van der Waals surface area contributed by atoms with Gasteiger partial charge in [0.25, 0.3) is 0 Å². The number of amides is 1. The van der Waals surface area contributed by atoms with E-state index in [4.69, 9.17) is 11.5 Å². The summed E-state index contributed by atoms with van der Waals surface area (Å²) in [7, 11) is 0. The second-order valence-corrected chi connectivity index (χ2v) is 5.00. The molecule has 0 aliphatic carbocycles. The molecule has 1 rings (SSSR count). The molecule has 0 bridgehead atoms. The normalized spacial score (nSPS) is 11.3. The summed E-state index contributed by atoms with van der Waals surface area (Å²) in [5.41, 5.74) is 12.2. The first-order valence-corrected chi connectivity index (χ1v) is 6.33. The summed E-state index contributed by atoms with van der Waals surface area (Å²) in [5, 5.41) is 2.95. The number of benzene rings is 1. The van der Waals surface area contributed by atoms with Gasteiger partial charge in [-0.15, -0.1) is 0 Å². The molecule has 0 heterocycles. The summed E-state index contributed by atoms with van der Waals surface area (Å²) in [6.07, 6.45) is 1.85.